The van der Waals surface area contributed by atoms with Gasteiger partial charge in [-0.2, -0.15) is 0 Å². The van der Waals surface area contributed by atoms with Crippen LogP contribution in [0.3, 0.4) is 0 Å². The van der Waals surface area contributed by atoms with E-state index in [4.69, 9.17) is 0 Å². The fourth-order valence-corrected chi connectivity index (χ4v) is 2.04. The van der Waals surface area contributed by atoms with Crippen LogP contribution in [0.1, 0.15) is 27.6 Å². The van der Waals surface area contributed by atoms with Crippen molar-refractivity contribution < 1.29 is 19.8 Å². The molecule has 3 N–H and O–H groups in total. The average molecular weight is 273 g/mol. The summed E-state index contributed by atoms with van der Waals surface area (Å²) < 4.78 is 0. The Hall–Kier alpha value is -2.40. The van der Waals surface area contributed by atoms with Gasteiger partial charge in [-0.1, -0.05) is 24.3 Å². The Labute approximate surface area is 115 Å². The summed E-state index contributed by atoms with van der Waals surface area (Å²) in [5, 5.41) is 22.1. The molecule has 5 heteroatoms. The summed E-state index contributed by atoms with van der Waals surface area (Å²) in [4.78, 5) is 23.4. The van der Waals surface area contributed by atoms with Crippen LogP contribution < -0.4 is 5.32 Å². The van der Waals surface area contributed by atoms with Crippen LogP contribution in [0.2, 0.25) is 0 Å². The number of hydrogen-bond acceptors (Lipinski definition) is 3. The van der Waals surface area contributed by atoms with Gasteiger partial charge in [0.1, 0.15) is 0 Å². The number of carbonyl (C=O) groups is 2. The normalized spacial score (nSPS) is 12.1. The van der Waals surface area contributed by atoms with Crippen LogP contribution in [-0.2, 0) is 0 Å². The second kappa shape index (κ2) is 5.71. The Balaban J connectivity index is 2.53. The van der Waals surface area contributed by atoms with Gasteiger partial charge in [0.25, 0.3) is 5.91 Å². The molecular weight excluding hydrogens is 258 g/mol. The number of hydrogen-bond donors (Lipinski definition) is 3. The highest BCUT2D eigenvalue weighted by atomic mass is 16.4. The lowest BCUT2D eigenvalue weighted by Gasteiger charge is -2.11. The van der Waals surface area contributed by atoms with Gasteiger partial charge < -0.3 is 15.5 Å². The molecule has 0 aliphatic heterocycles. The van der Waals surface area contributed by atoms with Crippen molar-refractivity contribution in [2.24, 2.45) is 0 Å². The summed E-state index contributed by atoms with van der Waals surface area (Å²) in [6.45, 7) is 1.68. The summed E-state index contributed by atoms with van der Waals surface area (Å²) >= 11 is 0. The first-order valence-corrected chi connectivity index (χ1v) is 6.22. The van der Waals surface area contributed by atoms with Gasteiger partial charge in [-0.05, 0) is 24.4 Å². The van der Waals surface area contributed by atoms with Crippen LogP contribution >= 0.6 is 0 Å². The maximum atomic E-state index is 12.1. The summed E-state index contributed by atoms with van der Waals surface area (Å²) in [5.74, 6) is -1.48. The van der Waals surface area contributed by atoms with Crippen LogP contribution in [0.5, 0.6) is 0 Å². The van der Waals surface area contributed by atoms with E-state index in [0.717, 1.165) is 0 Å². The molecule has 5 nitrogen and oxygen atoms in total. The first-order valence-electron chi connectivity index (χ1n) is 6.22. The quantitative estimate of drug-likeness (QED) is 0.790. The Morgan fingerprint density at radius 2 is 1.75 bits per heavy atom. The van der Waals surface area contributed by atoms with E-state index in [9.17, 15) is 19.8 Å². The summed E-state index contributed by atoms with van der Waals surface area (Å²) in [7, 11) is 0. The Morgan fingerprint density at radius 1 is 1.15 bits per heavy atom. The number of fused-ring (bicyclic) bond motifs is 1. The molecule has 2 aromatic carbocycles. The molecule has 104 valence electrons. The number of aromatic carboxylic acids is 1. The zero-order valence-corrected chi connectivity index (χ0v) is 11.0. The van der Waals surface area contributed by atoms with E-state index in [0.29, 0.717) is 16.3 Å². The molecule has 0 fully saturated rings. The second-order valence-corrected chi connectivity index (χ2v) is 4.57. The number of aliphatic hydroxyl groups is 1. The predicted octanol–water partition coefficient (Wildman–Crippen LogP) is 1.65. The van der Waals surface area contributed by atoms with Crippen molar-refractivity contribution >= 4 is 22.6 Å². The molecule has 1 amide bonds. The largest absolute Gasteiger partial charge is 0.478 e. The van der Waals surface area contributed by atoms with Gasteiger partial charge in [0.05, 0.1) is 11.7 Å². The van der Waals surface area contributed by atoms with Crippen molar-refractivity contribution in [1.29, 1.82) is 0 Å². The highest BCUT2D eigenvalue weighted by Gasteiger charge is 2.16. The van der Waals surface area contributed by atoms with Gasteiger partial charge in [0, 0.05) is 17.5 Å². The maximum Gasteiger partial charge on any atom is 0.336 e. The van der Waals surface area contributed by atoms with Gasteiger partial charge in [-0.3, -0.25) is 4.79 Å². The highest BCUT2D eigenvalue weighted by Crippen LogP contribution is 2.23. The van der Waals surface area contributed by atoms with Gasteiger partial charge in [-0.15, -0.1) is 0 Å². The number of benzene rings is 2. The summed E-state index contributed by atoms with van der Waals surface area (Å²) in [6, 6.07) is 9.90. The number of carbonyl (C=O) groups excluding carboxylic acids is 1. The fraction of sp³-hybridized carbons (Fsp3) is 0.200. The molecule has 0 heterocycles. The highest BCUT2D eigenvalue weighted by molar-refractivity contribution is 6.14. The molecule has 0 aliphatic carbocycles. The van der Waals surface area contributed by atoms with Crippen LogP contribution in [0.15, 0.2) is 36.4 Å². The molecule has 0 saturated heterocycles. The molecule has 2 aromatic rings. The third kappa shape index (κ3) is 2.78. The van der Waals surface area contributed by atoms with Crippen molar-refractivity contribution in [2.75, 3.05) is 6.54 Å². The van der Waals surface area contributed by atoms with E-state index in [1.54, 1.807) is 37.3 Å². The van der Waals surface area contributed by atoms with Crippen molar-refractivity contribution in [3.05, 3.63) is 47.5 Å². The van der Waals surface area contributed by atoms with Gasteiger partial charge >= 0.3 is 5.97 Å². The first kappa shape index (κ1) is 14.0. The van der Waals surface area contributed by atoms with E-state index in [1.165, 1.54) is 6.07 Å². The van der Waals surface area contributed by atoms with Gasteiger partial charge in [-0.25, -0.2) is 4.79 Å². The summed E-state index contributed by atoms with van der Waals surface area (Å²) in [6.07, 6.45) is -0.659. The third-order valence-electron chi connectivity index (χ3n) is 2.94. The van der Waals surface area contributed by atoms with Crippen molar-refractivity contribution in [1.82, 2.24) is 5.32 Å². The number of carboxylic acids is 1. The maximum absolute atomic E-state index is 12.1. The molecule has 0 radical (unpaired) electrons. The summed E-state index contributed by atoms with van der Waals surface area (Å²) in [5.41, 5.74) is 0.381. The Bertz CT molecular complexity index is 659. The van der Waals surface area contributed by atoms with E-state index < -0.39 is 18.0 Å². The SMILES string of the molecule is CC(O)CNC(=O)c1cccc2cccc(C(=O)O)c12. The number of amides is 1. The minimum absolute atomic E-state index is 0.0882. The molecule has 1 atom stereocenters. The first-order chi connectivity index (χ1) is 9.50. The molecule has 20 heavy (non-hydrogen) atoms. The lowest BCUT2D eigenvalue weighted by Crippen LogP contribution is -2.30. The van der Waals surface area contributed by atoms with E-state index in [-0.39, 0.29) is 12.1 Å². The van der Waals surface area contributed by atoms with Crippen molar-refractivity contribution in [2.45, 2.75) is 13.0 Å². The fourth-order valence-electron chi connectivity index (χ4n) is 2.04. The Morgan fingerprint density at radius 3 is 2.30 bits per heavy atom. The van der Waals surface area contributed by atoms with Crippen LogP contribution in [0, 0.1) is 0 Å². The van der Waals surface area contributed by atoms with Gasteiger partial charge in [0.2, 0.25) is 0 Å². The molecular formula is C15H15NO4. The molecule has 0 aromatic heterocycles. The smallest absolute Gasteiger partial charge is 0.336 e. The number of aliphatic hydroxyl groups excluding tert-OH is 1. The minimum atomic E-state index is -1.08. The zero-order chi connectivity index (χ0) is 14.7. The van der Waals surface area contributed by atoms with Crippen LogP contribution in [0.4, 0.5) is 0 Å². The minimum Gasteiger partial charge on any atom is -0.478 e. The Kier molecular flexibility index (Phi) is 4.00. The molecule has 1 unspecified atom stereocenters. The van der Waals surface area contributed by atoms with Crippen LogP contribution in [-0.4, -0.2) is 34.7 Å². The van der Waals surface area contributed by atoms with Crippen LogP contribution in [0.25, 0.3) is 10.8 Å². The van der Waals surface area contributed by atoms with Crippen molar-refractivity contribution in [3.63, 3.8) is 0 Å². The number of nitrogens with one attached hydrogen (secondary N) is 1. The average Bonchev–Trinajstić information content (AvgIpc) is 2.43. The lowest BCUT2D eigenvalue weighted by atomic mass is 9.98. The van der Waals surface area contributed by atoms with Crippen molar-refractivity contribution in [3.8, 4) is 0 Å². The molecule has 0 aliphatic rings. The van der Waals surface area contributed by atoms with E-state index >= 15 is 0 Å². The lowest BCUT2D eigenvalue weighted by molar-refractivity contribution is 0.0699. The predicted molar refractivity (Wildman–Crippen MR) is 74.9 cm³/mol. The second-order valence-electron chi connectivity index (χ2n) is 4.57. The third-order valence-corrected chi connectivity index (χ3v) is 2.94. The molecule has 0 bridgehead atoms. The molecule has 0 saturated carbocycles. The standard InChI is InChI=1S/C15H15NO4/c1-9(17)8-16-14(18)11-6-2-4-10-5-3-7-12(13(10)11)15(19)20/h2-7,9,17H,8H2,1H3,(H,16,18)(H,19,20). The molecule has 2 rings (SSSR count). The monoisotopic (exact) mass is 273 g/mol. The van der Waals surface area contributed by atoms with Gasteiger partial charge in [0.15, 0.2) is 0 Å². The van der Waals surface area contributed by atoms with E-state index in [1.807, 2.05) is 0 Å². The topological polar surface area (TPSA) is 86.6 Å². The van der Waals surface area contributed by atoms with E-state index in [2.05, 4.69) is 5.32 Å². The zero-order valence-electron chi connectivity index (χ0n) is 11.0. The number of rotatable bonds is 4. The molecule has 0 spiro atoms. The number of carboxylic acid groups (broad SMARTS) is 1.